The summed E-state index contributed by atoms with van der Waals surface area (Å²) in [7, 11) is 1.56. The summed E-state index contributed by atoms with van der Waals surface area (Å²) in [6, 6.07) is 29.0. The Bertz CT molecular complexity index is 1790. The summed E-state index contributed by atoms with van der Waals surface area (Å²) < 4.78 is 5.17. The van der Waals surface area contributed by atoms with E-state index in [1.807, 2.05) is 77.7 Å². The minimum absolute atomic E-state index is 0.0655. The van der Waals surface area contributed by atoms with E-state index < -0.39 is 6.04 Å². The van der Waals surface area contributed by atoms with Gasteiger partial charge >= 0.3 is 0 Å². The third kappa shape index (κ3) is 7.35. The number of rotatable bonds is 10. The number of pyridine rings is 1. The number of carbonyl (C=O) groups is 2. The average molecular weight is 610 g/mol. The summed E-state index contributed by atoms with van der Waals surface area (Å²) in [4.78, 5) is 44.8. The third-order valence-corrected chi connectivity index (χ3v) is 8.25. The molecule has 0 N–H and O–H groups in total. The van der Waals surface area contributed by atoms with Gasteiger partial charge in [-0.05, 0) is 51.9 Å². The van der Waals surface area contributed by atoms with Gasteiger partial charge in [0.2, 0.25) is 17.7 Å². The van der Waals surface area contributed by atoms with Crippen LogP contribution in [0.5, 0.6) is 5.88 Å². The first-order valence-corrected chi connectivity index (χ1v) is 15.3. The Morgan fingerprint density at radius 3 is 2.30 bits per heavy atom. The Kier molecular flexibility index (Phi) is 9.54. The van der Waals surface area contributed by atoms with Crippen molar-refractivity contribution in [2.75, 3.05) is 13.7 Å². The lowest BCUT2D eigenvalue weighted by Crippen LogP contribution is -2.52. The molecule has 1 aliphatic rings. The van der Waals surface area contributed by atoms with Crippen LogP contribution in [-0.2, 0) is 35.5 Å². The van der Waals surface area contributed by atoms with Crippen LogP contribution in [0.25, 0.3) is 17.2 Å². The normalized spacial score (nSPS) is 13.2. The molecule has 3 aromatic carbocycles. The van der Waals surface area contributed by atoms with Crippen LogP contribution >= 0.6 is 0 Å². The van der Waals surface area contributed by atoms with E-state index in [-0.39, 0.29) is 18.4 Å². The van der Waals surface area contributed by atoms with Crippen LogP contribution in [0, 0.1) is 0 Å². The van der Waals surface area contributed by atoms with Gasteiger partial charge in [0, 0.05) is 62.4 Å². The maximum absolute atomic E-state index is 14.5. The highest BCUT2D eigenvalue weighted by molar-refractivity contribution is 5.95. The van der Waals surface area contributed by atoms with Crippen LogP contribution in [-0.4, -0.2) is 56.3 Å². The van der Waals surface area contributed by atoms with Gasteiger partial charge in [-0.3, -0.25) is 9.59 Å². The molecule has 46 heavy (non-hydrogen) atoms. The zero-order valence-corrected chi connectivity index (χ0v) is 25.7. The van der Waals surface area contributed by atoms with E-state index in [1.54, 1.807) is 42.7 Å². The molecule has 0 saturated carbocycles. The Labute approximate surface area is 269 Å². The number of methoxy groups -OCH3 is 1. The van der Waals surface area contributed by atoms with E-state index in [2.05, 4.69) is 27.1 Å². The van der Waals surface area contributed by atoms with Gasteiger partial charge in [0.1, 0.15) is 12.4 Å². The van der Waals surface area contributed by atoms with Crippen molar-refractivity contribution in [2.45, 2.75) is 32.0 Å². The number of nitrogens with zero attached hydrogens (tertiary/aromatic N) is 5. The predicted octanol–water partition coefficient (Wildman–Crippen LogP) is 5.79. The van der Waals surface area contributed by atoms with Crippen molar-refractivity contribution in [3.05, 3.63) is 150 Å². The van der Waals surface area contributed by atoms with Crippen molar-refractivity contribution in [1.29, 1.82) is 0 Å². The summed E-state index contributed by atoms with van der Waals surface area (Å²) in [5.74, 6) is 0.166. The standard InChI is InChI=1S/C38H35N5O3/c1-46-36-17-13-29(22-41-36)14-18-37(44)43(25-30-11-15-32(16-12-30)34-23-39-27-40-24-34)35(21-28-7-3-2-4-8-28)38(45)42-20-19-31-9-5-6-10-33(31)26-42/h2-18,22-24,27,35H,19-21,25-26H2,1H3/t35-/m0/s1. The number of carbonyl (C=O) groups excluding carboxylic acids is 2. The van der Waals surface area contributed by atoms with Crippen molar-refractivity contribution in [3.63, 3.8) is 0 Å². The fraction of sp³-hybridized carbons (Fsp3) is 0.184. The molecule has 3 heterocycles. The molecule has 5 aromatic rings. The number of hydrogen-bond donors (Lipinski definition) is 0. The average Bonchev–Trinajstić information content (AvgIpc) is 3.13. The van der Waals surface area contributed by atoms with Crippen LogP contribution in [0.4, 0.5) is 0 Å². The number of aromatic nitrogens is 3. The molecule has 1 aliphatic heterocycles. The quantitative estimate of drug-likeness (QED) is 0.187. The molecule has 2 aromatic heterocycles. The minimum Gasteiger partial charge on any atom is -0.481 e. The monoisotopic (exact) mass is 609 g/mol. The molecule has 0 spiro atoms. The molecule has 230 valence electrons. The van der Waals surface area contributed by atoms with E-state index in [0.717, 1.165) is 39.8 Å². The van der Waals surface area contributed by atoms with Crippen molar-refractivity contribution in [3.8, 4) is 17.0 Å². The van der Waals surface area contributed by atoms with Crippen molar-refractivity contribution >= 4 is 17.9 Å². The molecule has 0 aliphatic carbocycles. The lowest BCUT2D eigenvalue weighted by atomic mass is 9.97. The topological polar surface area (TPSA) is 88.5 Å². The molecular weight excluding hydrogens is 574 g/mol. The van der Waals surface area contributed by atoms with Crippen LogP contribution in [0.15, 0.2) is 122 Å². The molecule has 0 bridgehead atoms. The summed E-state index contributed by atoms with van der Waals surface area (Å²) in [6.07, 6.45) is 11.1. The molecule has 1 atom stereocenters. The molecule has 0 saturated heterocycles. The molecule has 0 fully saturated rings. The van der Waals surface area contributed by atoms with Crippen LogP contribution < -0.4 is 4.74 Å². The molecule has 8 heteroatoms. The number of fused-ring (bicyclic) bond motifs is 1. The maximum Gasteiger partial charge on any atom is 0.247 e. The molecule has 2 amide bonds. The fourth-order valence-electron chi connectivity index (χ4n) is 5.73. The maximum atomic E-state index is 14.5. The van der Waals surface area contributed by atoms with Crippen molar-refractivity contribution in [2.24, 2.45) is 0 Å². The van der Waals surface area contributed by atoms with E-state index in [9.17, 15) is 9.59 Å². The van der Waals surface area contributed by atoms with Gasteiger partial charge in [0.05, 0.1) is 7.11 Å². The SMILES string of the molecule is COc1ccc(C=CC(=O)N(Cc2ccc(-c3cncnc3)cc2)[C@@H](Cc2ccccc2)C(=O)N2CCc3ccccc3C2)cn1. The number of ether oxygens (including phenoxy) is 1. The van der Waals surface area contributed by atoms with Crippen LogP contribution in [0.1, 0.15) is 27.8 Å². The molecule has 6 rings (SSSR count). The number of hydrogen-bond acceptors (Lipinski definition) is 6. The van der Waals surface area contributed by atoms with Gasteiger partial charge in [0.15, 0.2) is 0 Å². The number of amides is 2. The third-order valence-electron chi connectivity index (χ3n) is 8.25. The van der Waals surface area contributed by atoms with Gasteiger partial charge in [0.25, 0.3) is 0 Å². The van der Waals surface area contributed by atoms with E-state index in [4.69, 9.17) is 4.74 Å². The molecular formula is C38H35N5O3. The lowest BCUT2D eigenvalue weighted by Gasteiger charge is -2.37. The van der Waals surface area contributed by atoms with Gasteiger partial charge < -0.3 is 14.5 Å². The van der Waals surface area contributed by atoms with Gasteiger partial charge in [-0.15, -0.1) is 0 Å². The zero-order valence-electron chi connectivity index (χ0n) is 25.7. The zero-order chi connectivity index (χ0) is 31.7. The summed E-state index contributed by atoms with van der Waals surface area (Å²) in [6.45, 7) is 1.37. The summed E-state index contributed by atoms with van der Waals surface area (Å²) >= 11 is 0. The first-order valence-electron chi connectivity index (χ1n) is 15.3. The smallest absolute Gasteiger partial charge is 0.247 e. The molecule has 8 nitrogen and oxygen atoms in total. The van der Waals surface area contributed by atoms with Gasteiger partial charge in [-0.1, -0.05) is 78.9 Å². The minimum atomic E-state index is -0.721. The Balaban J connectivity index is 1.34. The van der Waals surface area contributed by atoms with E-state index >= 15 is 0 Å². The first-order chi connectivity index (χ1) is 22.6. The Morgan fingerprint density at radius 2 is 1.59 bits per heavy atom. The Hall–Kier alpha value is -5.63. The Morgan fingerprint density at radius 1 is 0.848 bits per heavy atom. The highest BCUT2D eigenvalue weighted by Gasteiger charge is 2.34. The second-order valence-electron chi connectivity index (χ2n) is 11.2. The van der Waals surface area contributed by atoms with Crippen molar-refractivity contribution in [1.82, 2.24) is 24.8 Å². The second kappa shape index (κ2) is 14.4. The summed E-state index contributed by atoms with van der Waals surface area (Å²) in [5.41, 5.74) is 6.92. The highest BCUT2D eigenvalue weighted by atomic mass is 16.5. The molecule has 0 unspecified atom stereocenters. The molecule has 0 radical (unpaired) electrons. The predicted molar refractivity (Wildman–Crippen MR) is 177 cm³/mol. The highest BCUT2D eigenvalue weighted by Crippen LogP contribution is 2.24. The fourth-order valence-corrected chi connectivity index (χ4v) is 5.73. The number of benzene rings is 3. The van der Waals surface area contributed by atoms with E-state index in [1.165, 1.54) is 18.0 Å². The van der Waals surface area contributed by atoms with Gasteiger partial charge in [-0.25, -0.2) is 15.0 Å². The van der Waals surface area contributed by atoms with Crippen molar-refractivity contribution < 1.29 is 14.3 Å². The first kappa shape index (κ1) is 30.4. The van der Waals surface area contributed by atoms with Crippen LogP contribution in [0.3, 0.4) is 0 Å². The van der Waals surface area contributed by atoms with Gasteiger partial charge in [-0.2, -0.15) is 0 Å². The van der Waals surface area contributed by atoms with E-state index in [0.29, 0.717) is 25.4 Å². The second-order valence-corrected chi connectivity index (χ2v) is 11.2. The summed E-state index contributed by atoms with van der Waals surface area (Å²) in [5, 5.41) is 0. The lowest BCUT2D eigenvalue weighted by molar-refractivity contribution is -0.144. The largest absolute Gasteiger partial charge is 0.481 e. The van der Waals surface area contributed by atoms with Crippen LogP contribution in [0.2, 0.25) is 0 Å².